The third-order valence-corrected chi connectivity index (χ3v) is 3.06. The van der Waals surface area contributed by atoms with Crippen molar-refractivity contribution < 1.29 is 14.7 Å². The van der Waals surface area contributed by atoms with E-state index in [0.717, 1.165) is 16.8 Å². The van der Waals surface area contributed by atoms with Crippen LogP contribution in [0.3, 0.4) is 0 Å². The summed E-state index contributed by atoms with van der Waals surface area (Å²) in [5.41, 5.74) is 3.02. The van der Waals surface area contributed by atoms with Crippen LogP contribution in [0.2, 0.25) is 0 Å². The molecule has 0 saturated heterocycles. The van der Waals surface area contributed by atoms with E-state index in [0.29, 0.717) is 6.42 Å². The monoisotopic (exact) mass is 278 g/mol. The fourth-order valence-corrected chi connectivity index (χ4v) is 1.98. The molecule has 5 nitrogen and oxygen atoms in total. The number of rotatable bonds is 5. The van der Waals surface area contributed by atoms with Crippen molar-refractivity contribution in [3.63, 3.8) is 0 Å². The van der Waals surface area contributed by atoms with Gasteiger partial charge in [-0.15, -0.1) is 0 Å². The molecule has 0 radical (unpaired) electrons. The first-order valence-corrected chi connectivity index (χ1v) is 6.64. The lowest BCUT2D eigenvalue weighted by molar-refractivity contribution is -0.137. The summed E-state index contributed by atoms with van der Waals surface area (Å²) in [5, 5.41) is 11.4. The summed E-state index contributed by atoms with van der Waals surface area (Å²) in [7, 11) is 1.70. The highest BCUT2D eigenvalue weighted by atomic mass is 16.4. The van der Waals surface area contributed by atoms with Crippen LogP contribution in [0.25, 0.3) is 0 Å². The number of hydrogen-bond acceptors (Lipinski definition) is 2. The molecule has 0 fully saturated rings. The van der Waals surface area contributed by atoms with Crippen molar-refractivity contribution in [2.45, 2.75) is 39.7 Å². The summed E-state index contributed by atoms with van der Waals surface area (Å²) in [6.07, 6.45) is 0.469. The molecule has 0 aliphatic rings. The Morgan fingerprint density at radius 1 is 1.25 bits per heavy atom. The highest BCUT2D eigenvalue weighted by molar-refractivity contribution is 5.91. The van der Waals surface area contributed by atoms with Crippen LogP contribution in [0.15, 0.2) is 18.2 Å². The molecule has 0 saturated carbocycles. The number of benzene rings is 1. The Kier molecular flexibility index (Phi) is 5.55. The quantitative estimate of drug-likeness (QED) is 0.870. The number of carbonyl (C=O) groups excluding carboxylic acids is 1. The van der Waals surface area contributed by atoms with E-state index in [9.17, 15) is 9.59 Å². The number of carboxylic acid groups (broad SMARTS) is 1. The number of urea groups is 1. The fourth-order valence-electron chi connectivity index (χ4n) is 1.98. The molecule has 110 valence electrons. The lowest BCUT2D eigenvalue weighted by Gasteiger charge is -2.22. The van der Waals surface area contributed by atoms with Crippen LogP contribution >= 0.6 is 0 Å². The minimum absolute atomic E-state index is 0.0503. The van der Waals surface area contributed by atoms with E-state index in [1.54, 1.807) is 14.0 Å². The first-order valence-electron chi connectivity index (χ1n) is 6.64. The van der Waals surface area contributed by atoms with Gasteiger partial charge in [0.2, 0.25) is 0 Å². The van der Waals surface area contributed by atoms with E-state index in [-0.39, 0.29) is 18.5 Å². The van der Waals surface area contributed by atoms with Gasteiger partial charge < -0.3 is 10.4 Å². The van der Waals surface area contributed by atoms with Crippen molar-refractivity contribution in [1.82, 2.24) is 5.32 Å². The summed E-state index contributed by atoms with van der Waals surface area (Å²) < 4.78 is 0. The third kappa shape index (κ3) is 4.91. The van der Waals surface area contributed by atoms with Crippen LogP contribution < -0.4 is 10.2 Å². The second-order valence-electron chi connectivity index (χ2n) is 5.19. The Morgan fingerprint density at radius 2 is 1.80 bits per heavy atom. The Morgan fingerprint density at radius 3 is 2.30 bits per heavy atom. The van der Waals surface area contributed by atoms with Gasteiger partial charge in [0.1, 0.15) is 0 Å². The van der Waals surface area contributed by atoms with Crippen LogP contribution in [-0.4, -0.2) is 30.2 Å². The molecule has 1 aromatic rings. The highest BCUT2D eigenvalue weighted by Crippen LogP contribution is 2.17. The molecule has 0 spiro atoms. The van der Waals surface area contributed by atoms with Crippen LogP contribution in [0, 0.1) is 13.8 Å². The van der Waals surface area contributed by atoms with Crippen LogP contribution in [0.5, 0.6) is 0 Å². The second kappa shape index (κ2) is 6.93. The third-order valence-electron chi connectivity index (χ3n) is 3.06. The lowest BCUT2D eigenvalue weighted by atomic mass is 10.1. The van der Waals surface area contributed by atoms with E-state index < -0.39 is 5.97 Å². The molecule has 1 atom stereocenters. The largest absolute Gasteiger partial charge is 0.481 e. The van der Waals surface area contributed by atoms with E-state index in [4.69, 9.17) is 5.11 Å². The van der Waals surface area contributed by atoms with Crippen molar-refractivity contribution in [3.8, 4) is 0 Å². The zero-order valence-corrected chi connectivity index (χ0v) is 12.4. The second-order valence-corrected chi connectivity index (χ2v) is 5.19. The predicted molar refractivity (Wildman–Crippen MR) is 79.2 cm³/mol. The number of carboxylic acids is 1. The zero-order valence-electron chi connectivity index (χ0n) is 12.4. The Bertz CT molecular complexity index is 480. The molecule has 5 heteroatoms. The maximum atomic E-state index is 12.1. The standard InChI is InChI=1S/C15H22N2O3/c1-10-7-11(2)9-13(8-10)17(4)15(20)16-12(3)5-6-14(18)19/h7-9,12H,5-6H2,1-4H3,(H,16,20)(H,18,19). The maximum Gasteiger partial charge on any atom is 0.321 e. The summed E-state index contributed by atoms with van der Waals surface area (Å²) in [6, 6.07) is 5.52. The normalized spacial score (nSPS) is 11.8. The zero-order chi connectivity index (χ0) is 15.3. The van der Waals surface area contributed by atoms with E-state index in [1.165, 1.54) is 4.90 Å². The molecule has 0 heterocycles. The SMILES string of the molecule is Cc1cc(C)cc(N(C)C(=O)NC(C)CCC(=O)O)c1. The molecule has 2 N–H and O–H groups in total. The Labute approximate surface area is 119 Å². The first-order chi connectivity index (χ1) is 9.29. The van der Waals surface area contributed by atoms with Gasteiger partial charge in [-0.25, -0.2) is 4.79 Å². The van der Waals surface area contributed by atoms with Crippen LogP contribution in [0.1, 0.15) is 30.9 Å². The first kappa shape index (κ1) is 16.0. The molecule has 1 rings (SSSR count). The average Bonchev–Trinajstić information content (AvgIpc) is 2.34. The van der Waals surface area contributed by atoms with Gasteiger partial charge in [0.25, 0.3) is 0 Å². The highest BCUT2D eigenvalue weighted by Gasteiger charge is 2.14. The predicted octanol–water partition coefficient (Wildman–Crippen LogP) is 2.70. The maximum absolute atomic E-state index is 12.1. The molecule has 0 aliphatic carbocycles. The molecule has 0 aromatic heterocycles. The summed E-state index contributed by atoms with van der Waals surface area (Å²) in [5.74, 6) is -0.853. The van der Waals surface area contributed by atoms with Gasteiger partial charge in [-0.3, -0.25) is 9.69 Å². The van der Waals surface area contributed by atoms with Crippen LogP contribution in [-0.2, 0) is 4.79 Å². The van der Waals surface area contributed by atoms with Gasteiger partial charge in [0.15, 0.2) is 0 Å². The molecule has 2 amide bonds. The van der Waals surface area contributed by atoms with E-state index in [1.807, 2.05) is 32.0 Å². The summed E-state index contributed by atoms with van der Waals surface area (Å²) in [6.45, 7) is 5.77. The number of nitrogens with zero attached hydrogens (tertiary/aromatic N) is 1. The minimum atomic E-state index is -0.853. The van der Waals surface area contributed by atoms with E-state index >= 15 is 0 Å². The van der Waals surface area contributed by atoms with Crippen molar-refractivity contribution in [2.75, 3.05) is 11.9 Å². The molecule has 1 unspecified atom stereocenters. The number of amides is 2. The number of aryl methyl sites for hydroxylation is 2. The molecule has 0 bridgehead atoms. The van der Waals surface area contributed by atoms with Crippen LogP contribution in [0.4, 0.5) is 10.5 Å². The van der Waals surface area contributed by atoms with Crippen molar-refractivity contribution >= 4 is 17.7 Å². The molecular weight excluding hydrogens is 256 g/mol. The minimum Gasteiger partial charge on any atom is -0.481 e. The Balaban J connectivity index is 2.64. The molecule has 20 heavy (non-hydrogen) atoms. The number of anilines is 1. The number of nitrogens with one attached hydrogen (secondary N) is 1. The van der Waals surface area contributed by atoms with Gasteiger partial charge in [0, 0.05) is 25.2 Å². The van der Waals surface area contributed by atoms with Crippen molar-refractivity contribution in [1.29, 1.82) is 0 Å². The average molecular weight is 278 g/mol. The fraction of sp³-hybridized carbons (Fsp3) is 0.467. The molecular formula is C15H22N2O3. The molecule has 1 aromatic carbocycles. The lowest BCUT2D eigenvalue weighted by Crippen LogP contribution is -2.42. The van der Waals surface area contributed by atoms with Gasteiger partial charge in [-0.2, -0.15) is 0 Å². The topological polar surface area (TPSA) is 69.6 Å². The van der Waals surface area contributed by atoms with Gasteiger partial charge >= 0.3 is 12.0 Å². The summed E-state index contributed by atoms with van der Waals surface area (Å²) >= 11 is 0. The Hall–Kier alpha value is -2.04. The van der Waals surface area contributed by atoms with Gasteiger partial charge in [0.05, 0.1) is 0 Å². The van der Waals surface area contributed by atoms with Crippen molar-refractivity contribution in [3.05, 3.63) is 29.3 Å². The van der Waals surface area contributed by atoms with Crippen molar-refractivity contribution in [2.24, 2.45) is 0 Å². The van der Waals surface area contributed by atoms with Gasteiger partial charge in [-0.1, -0.05) is 6.07 Å². The molecule has 0 aliphatic heterocycles. The number of aliphatic carboxylic acids is 1. The summed E-state index contributed by atoms with van der Waals surface area (Å²) in [4.78, 5) is 24.1. The van der Waals surface area contributed by atoms with Gasteiger partial charge in [-0.05, 0) is 50.5 Å². The van der Waals surface area contributed by atoms with E-state index in [2.05, 4.69) is 5.32 Å². The smallest absolute Gasteiger partial charge is 0.321 e. The number of hydrogen-bond donors (Lipinski definition) is 2. The number of carbonyl (C=O) groups is 2.